The second-order valence-corrected chi connectivity index (χ2v) is 5.85. The van der Waals surface area contributed by atoms with E-state index in [1.54, 1.807) is 0 Å². The van der Waals surface area contributed by atoms with Crippen molar-refractivity contribution >= 4 is 0 Å². The van der Waals surface area contributed by atoms with Crippen molar-refractivity contribution < 1.29 is 0 Å². The predicted molar refractivity (Wildman–Crippen MR) is 84.8 cm³/mol. The topological polar surface area (TPSA) is 15.3 Å². The molecule has 0 aliphatic rings. The molecule has 1 N–H and O–H groups in total. The van der Waals surface area contributed by atoms with Gasteiger partial charge in [-0.25, -0.2) is 0 Å². The highest BCUT2D eigenvalue weighted by Crippen LogP contribution is 2.24. The molecule has 19 heavy (non-hydrogen) atoms. The van der Waals surface area contributed by atoms with E-state index in [-0.39, 0.29) is 0 Å². The first-order valence-electron chi connectivity index (χ1n) is 7.35. The van der Waals surface area contributed by atoms with E-state index in [0.29, 0.717) is 12.1 Å². The molecule has 2 atom stereocenters. The van der Waals surface area contributed by atoms with Crippen LogP contribution in [0.1, 0.15) is 48.6 Å². The Labute approximate surface area is 119 Å². The highest BCUT2D eigenvalue weighted by Gasteiger charge is 2.18. The number of hydrogen-bond donors (Lipinski definition) is 1. The van der Waals surface area contributed by atoms with Gasteiger partial charge in [-0.2, -0.15) is 0 Å². The van der Waals surface area contributed by atoms with Crippen LogP contribution in [0.2, 0.25) is 0 Å². The Bertz CT molecular complexity index is 389. The van der Waals surface area contributed by atoms with E-state index in [0.717, 1.165) is 6.54 Å². The zero-order valence-corrected chi connectivity index (χ0v) is 13.7. The van der Waals surface area contributed by atoms with Crippen LogP contribution in [-0.2, 0) is 0 Å². The van der Waals surface area contributed by atoms with Crippen LogP contribution in [0.3, 0.4) is 0 Å². The Morgan fingerprint density at radius 1 is 1.16 bits per heavy atom. The Hall–Kier alpha value is -0.860. The minimum absolute atomic E-state index is 0.402. The van der Waals surface area contributed by atoms with Crippen molar-refractivity contribution in [2.24, 2.45) is 0 Å². The lowest BCUT2D eigenvalue weighted by atomic mass is 9.93. The first-order valence-corrected chi connectivity index (χ1v) is 7.35. The molecule has 2 unspecified atom stereocenters. The molecule has 0 amide bonds. The molecule has 0 fully saturated rings. The SMILES string of the molecule is CCC(C)N(C)CC(NC)c1c(C)cc(C)cc1C. The zero-order chi connectivity index (χ0) is 14.6. The van der Waals surface area contributed by atoms with Crippen LogP contribution in [0.15, 0.2) is 12.1 Å². The van der Waals surface area contributed by atoms with Gasteiger partial charge in [0.05, 0.1) is 0 Å². The van der Waals surface area contributed by atoms with Crippen molar-refractivity contribution in [1.29, 1.82) is 0 Å². The first-order chi connectivity index (χ1) is 8.90. The van der Waals surface area contributed by atoms with E-state index in [1.807, 2.05) is 0 Å². The summed E-state index contributed by atoms with van der Waals surface area (Å²) in [4.78, 5) is 2.44. The van der Waals surface area contributed by atoms with Crippen molar-refractivity contribution in [3.05, 3.63) is 34.4 Å². The van der Waals surface area contributed by atoms with Crippen molar-refractivity contribution in [1.82, 2.24) is 10.2 Å². The average molecular weight is 262 g/mol. The molecule has 0 radical (unpaired) electrons. The van der Waals surface area contributed by atoms with Gasteiger partial charge in [0.25, 0.3) is 0 Å². The molecule has 2 nitrogen and oxygen atoms in total. The average Bonchev–Trinajstić information content (AvgIpc) is 2.34. The molecule has 108 valence electrons. The van der Waals surface area contributed by atoms with E-state index in [9.17, 15) is 0 Å². The normalized spacial score (nSPS) is 14.7. The molecule has 0 saturated carbocycles. The fourth-order valence-electron chi connectivity index (χ4n) is 2.85. The lowest BCUT2D eigenvalue weighted by Gasteiger charge is -2.30. The van der Waals surface area contributed by atoms with Gasteiger partial charge < -0.3 is 10.2 Å². The lowest BCUT2D eigenvalue weighted by Crippen LogP contribution is -2.37. The summed E-state index contributed by atoms with van der Waals surface area (Å²) in [7, 11) is 4.28. The minimum atomic E-state index is 0.402. The Balaban J connectivity index is 2.98. The van der Waals surface area contributed by atoms with Crippen molar-refractivity contribution in [3.63, 3.8) is 0 Å². The summed E-state index contributed by atoms with van der Waals surface area (Å²) in [5, 5.41) is 3.49. The fraction of sp³-hybridized carbons (Fsp3) is 0.647. The molecule has 0 aliphatic heterocycles. The van der Waals surface area contributed by atoms with Crippen LogP contribution < -0.4 is 5.32 Å². The third-order valence-corrected chi connectivity index (χ3v) is 4.25. The minimum Gasteiger partial charge on any atom is -0.312 e. The van der Waals surface area contributed by atoms with E-state index in [1.165, 1.54) is 28.7 Å². The summed E-state index contributed by atoms with van der Waals surface area (Å²) in [6, 6.07) is 5.60. The third-order valence-electron chi connectivity index (χ3n) is 4.25. The molecule has 0 bridgehead atoms. The zero-order valence-electron chi connectivity index (χ0n) is 13.7. The third kappa shape index (κ3) is 4.05. The highest BCUT2D eigenvalue weighted by molar-refractivity contribution is 5.39. The van der Waals surface area contributed by atoms with Gasteiger partial charge in [-0.3, -0.25) is 0 Å². The van der Waals surface area contributed by atoms with E-state index in [4.69, 9.17) is 0 Å². The Morgan fingerprint density at radius 2 is 1.68 bits per heavy atom. The summed E-state index contributed by atoms with van der Waals surface area (Å²) in [6.45, 7) is 12.2. The number of likely N-dealkylation sites (N-methyl/N-ethyl adjacent to an activating group) is 2. The van der Waals surface area contributed by atoms with E-state index < -0.39 is 0 Å². The van der Waals surface area contributed by atoms with Crippen LogP contribution in [0, 0.1) is 20.8 Å². The van der Waals surface area contributed by atoms with Gasteiger partial charge in [-0.15, -0.1) is 0 Å². The van der Waals surface area contributed by atoms with E-state index >= 15 is 0 Å². The maximum absolute atomic E-state index is 3.49. The van der Waals surface area contributed by atoms with Gasteiger partial charge in [0.15, 0.2) is 0 Å². The first kappa shape index (κ1) is 16.2. The molecule has 0 heterocycles. The lowest BCUT2D eigenvalue weighted by molar-refractivity contribution is 0.227. The number of aryl methyl sites for hydroxylation is 3. The monoisotopic (exact) mass is 262 g/mol. The van der Waals surface area contributed by atoms with Crippen LogP contribution in [0.5, 0.6) is 0 Å². The number of hydrogen-bond acceptors (Lipinski definition) is 2. The smallest absolute Gasteiger partial charge is 0.0452 e. The van der Waals surface area contributed by atoms with Gasteiger partial charge in [0, 0.05) is 18.6 Å². The van der Waals surface area contributed by atoms with Crippen molar-refractivity contribution in [3.8, 4) is 0 Å². The summed E-state index contributed by atoms with van der Waals surface area (Å²) in [5.74, 6) is 0. The Kier molecular flexibility index (Phi) is 6.02. The van der Waals surface area contributed by atoms with Gasteiger partial charge >= 0.3 is 0 Å². The summed E-state index contributed by atoms with van der Waals surface area (Å²) < 4.78 is 0. The Morgan fingerprint density at radius 3 is 2.11 bits per heavy atom. The molecular weight excluding hydrogens is 232 g/mol. The molecule has 0 aromatic heterocycles. The van der Waals surface area contributed by atoms with Gasteiger partial charge in [-0.1, -0.05) is 24.6 Å². The number of nitrogens with one attached hydrogen (secondary N) is 1. The quantitative estimate of drug-likeness (QED) is 0.842. The van der Waals surface area contributed by atoms with Gasteiger partial charge in [-0.05, 0) is 64.9 Å². The second kappa shape index (κ2) is 7.06. The summed E-state index contributed by atoms with van der Waals surface area (Å²) in [6.07, 6.45) is 1.19. The summed E-state index contributed by atoms with van der Waals surface area (Å²) >= 11 is 0. The largest absolute Gasteiger partial charge is 0.312 e. The van der Waals surface area contributed by atoms with Crippen LogP contribution >= 0.6 is 0 Å². The van der Waals surface area contributed by atoms with Crippen LogP contribution in [0.4, 0.5) is 0 Å². The molecule has 1 aromatic carbocycles. The number of benzene rings is 1. The highest BCUT2D eigenvalue weighted by atomic mass is 15.1. The molecule has 1 rings (SSSR count). The van der Waals surface area contributed by atoms with Gasteiger partial charge in [0.1, 0.15) is 0 Å². The van der Waals surface area contributed by atoms with Crippen LogP contribution in [-0.4, -0.2) is 31.6 Å². The van der Waals surface area contributed by atoms with Crippen molar-refractivity contribution in [2.45, 2.75) is 53.1 Å². The predicted octanol–water partition coefficient (Wildman–Crippen LogP) is 3.60. The van der Waals surface area contributed by atoms with Crippen LogP contribution in [0.25, 0.3) is 0 Å². The standard InChI is InChI=1S/C17H30N2/c1-8-15(5)19(7)11-16(18-6)17-13(3)9-12(2)10-14(17)4/h9-10,15-16,18H,8,11H2,1-7H3. The molecule has 1 aromatic rings. The molecule has 2 heteroatoms. The van der Waals surface area contributed by atoms with Gasteiger partial charge in [0.2, 0.25) is 0 Å². The van der Waals surface area contributed by atoms with Crippen molar-refractivity contribution in [2.75, 3.05) is 20.6 Å². The molecular formula is C17H30N2. The maximum atomic E-state index is 3.49. The molecule has 0 spiro atoms. The number of rotatable bonds is 6. The second-order valence-electron chi connectivity index (χ2n) is 5.85. The molecule has 0 aliphatic carbocycles. The van der Waals surface area contributed by atoms with E-state index in [2.05, 4.69) is 71.1 Å². The number of nitrogens with zero attached hydrogens (tertiary/aromatic N) is 1. The molecule has 0 saturated heterocycles. The maximum Gasteiger partial charge on any atom is 0.0452 e. The fourth-order valence-corrected chi connectivity index (χ4v) is 2.85. The summed E-state index contributed by atoms with van der Waals surface area (Å²) in [5.41, 5.74) is 5.61.